The van der Waals surface area contributed by atoms with E-state index in [2.05, 4.69) is 32.9 Å². The Balaban J connectivity index is 1.63. The van der Waals surface area contributed by atoms with E-state index < -0.39 is 0 Å². The Morgan fingerprint density at radius 2 is 1.82 bits per heavy atom. The minimum Gasteiger partial charge on any atom is -0.456 e. The normalized spacial score (nSPS) is 11.7. The van der Waals surface area contributed by atoms with Crippen LogP contribution in [0.3, 0.4) is 0 Å². The third kappa shape index (κ3) is 4.21. The van der Waals surface area contributed by atoms with E-state index in [-0.39, 0.29) is 0 Å². The van der Waals surface area contributed by atoms with Gasteiger partial charge in [0.25, 0.3) is 0 Å². The highest BCUT2D eigenvalue weighted by Gasteiger charge is 2.22. The Morgan fingerprint density at radius 3 is 2.55 bits per heavy atom. The molecule has 0 radical (unpaired) electrons. The number of thioether (sulfide) groups is 1. The van der Waals surface area contributed by atoms with Gasteiger partial charge in [-0.1, -0.05) is 72.7 Å². The van der Waals surface area contributed by atoms with Gasteiger partial charge in [-0.2, -0.15) is 5.10 Å². The minimum absolute atomic E-state index is 0.409. The van der Waals surface area contributed by atoms with E-state index in [9.17, 15) is 0 Å². The molecule has 3 heterocycles. The SMILES string of the molecule is Cc1nn(-c2nc(-c3ccc(Cl)c(Cl)c3)c(SC(C)C)s2)c(C)c1-c1cc2ccccc2o1. The number of rotatable bonds is 5. The molecule has 0 fully saturated rings. The number of hydrogen-bond acceptors (Lipinski definition) is 5. The van der Waals surface area contributed by atoms with Crippen molar-refractivity contribution in [2.24, 2.45) is 0 Å². The van der Waals surface area contributed by atoms with Gasteiger partial charge in [0.2, 0.25) is 5.13 Å². The number of aryl methyl sites for hydroxylation is 1. The van der Waals surface area contributed by atoms with Crippen molar-refractivity contribution in [1.82, 2.24) is 14.8 Å². The molecule has 0 atom stereocenters. The Bertz CT molecular complexity index is 1450. The van der Waals surface area contributed by atoms with Gasteiger partial charge in [-0.25, -0.2) is 9.67 Å². The van der Waals surface area contributed by atoms with Crippen molar-refractivity contribution in [2.75, 3.05) is 0 Å². The number of para-hydroxylation sites is 1. The van der Waals surface area contributed by atoms with Crippen molar-refractivity contribution in [3.05, 3.63) is 70.0 Å². The van der Waals surface area contributed by atoms with Crippen LogP contribution in [0, 0.1) is 13.8 Å². The fourth-order valence-corrected chi connectivity index (χ4v) is 6.62. The van der Waals surface area contributed by atoms with E-state index in [1.165, 1.54) is 0 Å². The van der Waals surface area contributed by atoms with E-state index >= 15 is 0 Å². The summed E-state index contributed by atoms with van der Waals surface area (Å²) in [6.07, 6.45) is 0. The first kappa shape index (κ1) is 22.5. The summed E-state index contributed by atoms with van der Waals surface area (Å²) in [7, 11) is 0. The summed E-state index contributed by atoms with van der Waals surface area (Å²) in [4.78, 5) is 4.99. The lowest BCUT2D eigenvalue weighted by Crippen LogP contribution is -1.98. The Hall–Kier alpha value is -2.25. The van der Waals surface area contributed by atoms with Gasteiger partial charge < -0.3 is 4.42 Å². The summed E-state index contributed by atoms with van der Waals surface area (Å²) in [5.74, 6) is 0.815. The van der Waals surface area contributed by atoms with Gasteiger partial charge in [-0.15, -0.1) is 11.8 Å². The van der Waals surface area contributed by atoms with E-state index in [1.54, 1.807) is 23.1 Å². The average Bonchev–Trinajstić information content (AvgIpc) is 3.44. The molecule has 0 aliphatic heterocycles. The van der Waals surface area contributed by atoms with Crippen molar-refractivity contribution in [2.45, 2.75) is 37.2 Å². The molecule has 33 heavy (non-hydrogen) atoms. The van der Waals surface area contributed by atoms with E-state index in [1.807, 2.05) is 48.0 Å². The molecule has 0 N–H and O–H groups in total. The Labute approximate surface area is 210 Å². The first-order valence-electron chi connectivity index (χ1n) is 10.5. The zero-order valence-electron chi connectivity index (χ0n) is 18.5. The van der Waals surface area contributed by atoms with Crippen molar-refractivity contribution in [3.63, 3.8) is 0 Å². The van der Waals surface area contributed by atoms with Crippen LogP contribution in [0.25, 0.3) is 38.7 Å². The molecule has 0 aliphatic carbocycles. The van der Waals surface area contributed by atoms with Crippen LogP contribution in [-0.4, -0.2) is 20.0 Å². The van der Waals surface area contributed by atoms with Crippen LogP contribution in [0.15, 0.2) is 57.2 Å². The number of thiazole rings is 1. The van der Waals surface area contributed by atoms with Crippen LogP contribution in [0.4, 0.5) is 0 Å². The summed E-state index contributed by atoms with van der Waals surface area (Å²) in [6.45, 7) is 8.40. The highest BCUT2D eigenvalue weighted by Crippen LogP contribution is 2.42. The van der Waals surface area contributed by atoms with Crippen molar-refractivity contribution in [1.29, 1.82) is 0 Å². The highest BCUT2D eigenvalue weighted by atomic mass is 35.5. The van der Waals surface area contributed by atoms with Gasteiger partial charge in [0.15, 0.2) is 0 Å². The maximum atomic E-state index is 6.31. The molecule has 0 aliphatic rings. The molecule has 4 nitrogen and oxygen atoms in total. The maximum absolute atomic E-state index is 6.31. The fourth-order valence-electron chi connectivity index (χ4n) is 3.80. The summed E-state index contributed by atoms with van der Waals surface area (Å²) >= 11 is 15.9. The standard InChI is InChI=1S/C25H21Cl2N3OS2/c1-13(2)32-24-23(17-9-10-18(26)19(27)11-17)28-25(33-24)30-15(4)22(14(3)29-30)21-12-16-7-5-6-8-20(16)31-21/h5-13H,1-4H3. The van der Waals surface area contributed by atoms with Gasteiger partial charge in [0.05, 0.1) is 36.9 Å². The summed E-state index contributed by atoms with van der Waals surface area (Å²) < 4.78 is 9.17. The van der Waals surface area contributed by atoms with Crippen molar-refractivity contribution in [3.8, 4) is 27.7 Å². The number of halogens is 2. The van der Waals surface area contributed by atoms with Crippen LogP contribution >= 0.6 is 46.3 Å². The molecular formula is C25H21Cl2N3OS2. The Kier molecular flexibility index (Phi) is 6.04. The molecule has 8 heteroatoms. The average molecular weight is 515 g/mol. The van der Waals surface area contributed by atoms with Gasteiger partial charge >= 0.3 is 0 Å². The topological polar surface area (TPSA) is 43.9 Å². The number of fused-ring (bicyclic) bond motifs is 1. The fraction of sp³-hybridized carbons (Fsp3) is 0.200. The van der Waals surface area contributed by atoms with E-state index in [0.29, 0.717) is 15.3 Å². The summed E-state index contributed by atoms with van der Waals surface area (Å²) in [5, 5.41) is 8.17. The quantitative estimate of drug-likeness (QED) is 0.220. The zero-order chi connectivity index (χ0) is 23.3. The van der Waals surface area contributed by atoms with Crippen molar-refractivity contribution < 1.29 is 4.42 Å². The van der Waals surface area contributed by atoms with Gasteiger partial charge in [-0.05, 0) is 38.1 Å². The molecule has 0 unspecified atom stereocenters. The lowest BCUT2D eigenvalue weighted by Gasteiger charge is -2.05. The Morgan fingerprint density at radius 1 is 1.03 bits per heavy atom. The first-order chi connectivity index (χ1) is 15.8. The van der Waals surface area contributed by atoms with Gasteiger partial charge in [0, 0.05) is 16.2 Å². The molecule has 5 aromatic rings. The van der Waals surface area contributed by atoms with Crippen LogP contribution in [0.1, 0.15) is 25.2 Å². The summed E-state index contributed by atoms with van der Waals surface area (Å²) in [6, 6.07) is 15.7. The van der Waals surface area contributed by atoms with E-state index in [0.717, 1.165) is 54.3 Å². The third-order valence-electron chi connectivity index (χ3n) is 5.26. The smallest absolute Gasteiger partial charge is 0.212 e. The molecular weight excluding hydrogens is 493 g/mol. The molecule has 0 bridgehead atoms. The lowest BCUT2D eigenvalue weighted by molar-refractivity contribution is 0.630. The van der Waals surface area contributed by atoms with Crippen molar-refractivity contribution >= 4 is 57.3 Å². The van der Waals surface area contributed by atoms with Crippen LogP contribution in [0.5, 0.6) is 0 Å². The molecule has 168 valence electrons. The molecule has 0 saturated heterocycles. The van der Waals surface area contributed by atoms with E-state index in [4.69, 9.17) is 37.7 Å². The predicted octanol–water partition coefficient (Wildman–Crippen LogP) is 8.83. The third-order valence-corrected chi connectivity index (χ3v) is 8.25. The second-order valence-corrected chi connectivity index (χ2v) is 11.7. The summed E-state index contributed by atoms with van der Waals surface area (Å²) in [5.41, 5.74) is 5.58. The monoisotopic (exact) mass is 513 g/mol. The second kappa shape index (κ2) is 8.84. The highest BCUT2D eigenvalue weighted by molar-refractivity contribution is 8.01. The largest absolute Gasteiger partial charge is 0.456 e. The number of nitrogens with zero attached hydrogens (tertiary/aromatic N) is 3. The lowest BCUT2D eigenvalue weighted by atomic mass is 10.1. The predicted molar refractivity (Wildman–Crippen MR) is 140 cm³/mol. The number of hydrogen-bond donors (Lipinski definition) is 0. The van der Waals surface area contributed by atoms with Crippen LogP contribution in [-0.2, 0) is 0 Å². The molecule has 0 spiro atoms. The number of furan rings is 1. The zero-order valence-corrected chi connectivity index (χ0v) is 21.7. The van der Waals surface area contributed by atoms with Crippen LogP contribution < -0.4 is 0 Å². The number of benzene rings is 2. The molecule has 5 rings (SSSR count). The molecule has 0 amide bonds. The minimum atomic E-state index is 0.409. The van der Waals surface area contributed by atoms with Gasteiger partial charge in [0.1, 0.15) is 11.3 Å². The van der Waals surface area contributed by atoms with Crippen LogP contribution in [0.2, 0.25) is 10.0 Å². The molecule has 0 saturated carbocycles. The second-order valence-electron chi connectivity index (χ2n) is 8.03. The van der Waals surface area contributed by atoms with Gasteiger partial charge in [-0.3, -0.25) is 0 Å². The first-order valence-corrected chi connectivity index (χ1v) is 13.0. The molecule has 3 aromatic heterocycles. The maximum Gasteiger partial charge on any atom is 0.212 e. The molecule has 2 aromatic carbocycles. The number of aromatic nitrogens is 3.